The van der Waals surface area contributed by atoms with E-state index in [1.54, 1.807) is 18.7 Å². The van der Waals surface area contributed by atoms with Gasteiger partial charge in [-0.25, -0.2) is 17.5 Å². The molecule has 0 bridgehead atoms. The van der Waals surface area contributed by atoms with Crippen molar-refractivity contribution in [2.24, 2.45) is 5.92 Å². The average molecular weight is 428 g/mol. The minimum absolute atomic E-state index is 0.0941. The summed E-state index contributed by atoms with van der Waals surface area (Å²) in [7, 11) is -1.66. The Morgan fingerprint density at radius 2 is 1.97 bits per heavy atom. The molecule has 0 unspecified atom stereocenters. The normalized spacial score (nSPS) is 16.0. The lowest BCUT2D eigenvalue weighted by Gasteiger charge is -2.34. The number of sulfonamides is 1. The van der Waals surface area contributed by atoms with Crippen LogP contribution >= 0.6 is 0 Å². The van der Waals surface area contributed by atoms with Crippen molar-refractivity contribution in [1.29, 1.82) is 0 Å². The molecule has 164 valence electrons. The van der Waals surface area contributed by atoms with Crippen LogP contribution in [0.25, 0.3) is 0 Å². The fraction of sp³-hybridized carbons (Fsp3) is 0.667. The molecule has 0 saturated carbocycles. The van der Waals surface area contributed by atoms with Crippen LogP contribution in [0.2, 0.25) is 0 Å². The van der Waals surface area contributed by atoms with Crippen LogP contribution in [0, 0.1) is 11.7 Å². The first-order valence-corrected chi connectivity index (χ1v) is 11.9. The minimum atomic E-state index is -3.79. The molecule has 0 spiro atoms. The topological polar surface area (TPSA) is 69.7 Å². The zero-order valence-corrected chi connectivity index (χ0v) is 18.8. The highest BCUT2D eigenvalue weighted by Gasteiger charge is 2.27. The molecule has 1 N–H and O–H groups in total. The fourth-order valence-electron chi connectivity index (χ4n) is 3.66. The Labute approximate surface area is 174 Å². The van der Waals surface area contributed by atoms with E-state index in [4.69, 9.17) is 0 Å². The van der Waals surface area contributed by atoms with E-state index >= 15 is 0 Å². The summed E-state index contributed by atoms with van der Waals surface area (Å²) in [4.78, 5) is 16.7. The maximum Gasteiger partial charge on any atom is 0.256 e. The number of carbonyl (C=O) groups excluding carboxylic acids is 1. The van der Waals surface area contributed by atoms with Crippen LogP contribution in [0.1, 0.15) is 56.8 Å². The molecule has 0 radical (unpaired) electrons. The van der Waals surface area contributed by atoms with Crippen molar-refractivity contribution < 1.29 is 17.6 Å². The van der Waals surface area contributed by atoms with E-state index < -0.39 is 21.7 Å². The third kappa shape index (κ3) is 6.76. The van der Waals surface area contributed by atoms with Crippen molar-refractivity contribution in [3.05, 3.63) is 29.6 Å². The number of hydrogen-bond acceptors (Lipinski definition) is 4. The molecule has 1 saturated heterocycles. The van der Waals surface area contributed by atoms with Crippen molar-refractivity contribution in [1.82, 2.24) is 14.5 Å². The van der Waals surface area contributed by atoms with Crippen molar-refractivity contribution in [3.63, 3.8) is 0 Å². The summed E-state index contributed by atoms with van der Waals surface area (Å²) in [5.41, 5.74) is -0.185. The molecule has 6 nitrogen and oxygen atoms in total. The van der Waals surface area contributed by atoms with Gasteiger partial charge in [-0.05, 0) is 70.8 Å². The molecule has 8 heteroatoms. The van der Waals surface area contributed by atoms with E-state index in [1.807, 2.05) is 0 Å². The number of nitrogens with zero attached hydrogens (tertiary/aromatic N) is 2. The molecular formula is C21H34FN3O3S. The van der Waals surface area contributed by atoms with Gasteiger partial charge in [0, 0.05) is 25.7 Å². The number of benzene rings is 1. The summed E-state index contributed by atoms with van der Waals surface area (Å²) >= 11 is 0. The number of hydrogen-bond donors (Lipinski definition) is 1. The van der Waals surface area contributed by atoms with E-state index in [9.17, 15) is 17.6 Å². The third-order valence-corrected chi connectivity index (χ3v) is 6.89. The highest BCUT2D eigenvalue weighted by atomic mass is 32.2. The maximum absolute atomic E-state index is 14.3. The SMILES string of the molecule is CCCCN(C)CC1CCN(C(=O)c2cc(S(=O)(=O)NC(C)C)ccc2F)CC1. The molecule has 1 aromatic rings. The Morgan fingerprint density at radius 3 is 2.55 bits per heavy atom. The van der Waals surface area contributed by atoms with Crippen molar-refractivity contribution in [3.8, 4) is 0 Å². The second kappa shape index (κ2) is 10.5. The van der Waals surface area contributed by atoms with Crippen LogP contribution in [0.3, 0.4) is 0 Å². The molecule has 0 aliphatic carbocycles. The Bertz CT molecular complexity index is 790. The third-order valence-electron chi connectivity index (χ3n) is 5.23. The predicted molar refractivity (Wildman–Crippen MR) is 113 cm³/mol. The van der Waals surface area contributed by atoms with Crippen LogP contribution in [0.4, 0.5) is 4.39 Å². The molecule has 0 aromatic heterocycles. The molecule has 1 fully saturated rings. The van der Waals surface area contributed by atoms with E-state index in [2.05, 4.69) is 23.6 Å². The van der Waals surface area contributed by atoms with Gasteiger partial charge >= 0.3 is 0 Å². The van der Waals surface area contributed by atoms with Crippen LogP contribution in [-0.2, 0) is 10.0 Å². The average Bonchev–Trinajstić information content (AvgIpc) is 2.65. The lowest BCUT2D eigenvalue weighted by Crippen LogP contribution is -2.41. The lowest BCUT2D eigenvalue weighted by molar-refractivity contribution is 0.0668. The number of piperidine rings is 1. The molecule has 1 aromatic carbocycles. The van der Waals surface area contributed by atoms with Crippen LogP contribution in [0.5, 0.6) is 0 Å². The monoisotopic (exact) mass is 427 g/mol. The van der Waals surface area contributed by atoms with Crippen LogP contribution in [-0.4, -0.2) is 63.4 Å². The van der Waals surface area contributed by atoms with E-state index in [0.717, 1.165) is 38.1 Å². The Kier molecular flexibility index (Phi) is 8.60. The van der Waals surface area contributed by atoms with E-state index in [-0.39, 0.29) is 16.5 Å². The first-order valence-electron chi connectivity index (χ1n) is 10.4. The standard InChI is InChI=1S/C21H34FN3O3S/c1-5-6-11-24(4)15-17-9-12-25(13-10-17)21(26)19-14-18(7-8-20(19)22)29(27,28)23-16(2)3/h7-8,14,16-17,23H,5-6,9-13,15H2,1-4H3. The van der Waals surface area contributed by atoms with Gasteiger partial charge < -0.3 is 9.80 Å². The molecule has 29 heavy (non-hydrogen) atoms. The first-order chi connectivity index (χ1) is 13.6. The summed E-state index contributed by atoms with van der Waals surface area (Å²) in [5, 5.41) is 0. The summed E-state index contributed by atoms with van der Waals surface area (Å²) < 4.78 is 41.5. The van der Waals surface area contributed by atoms with Gasteiger partial charge in [0.15, 0.2) is 0 Å². The van der Waals surface area contributed by atoms with Gasteiger partial charge in [0.2, 0.25) is 10.0 Å². The second-order valence-corrected chi connectivity index (χ2v) is 9.98. The van der Waals surface area contributed by atoms with Gasteiger partial charge in [0.25, 0.3) is 5.91 Å². The van der Waals surface area contributed by atoms with Crippen molar-refractivity contribution in [2.75, 3.05) is 33.2 Å². The summed E-state index contributed by atoms with van der Waals surface area (Å²) in [6.07, 6.45) is 4.09. The fourth-order valence-corrected chi connectivity index (χ4v) is 4.94. The molecule has 0 atom stereocenters. The van der Waals surface area contributed by atoms with Crippen molar-refractivity contribution >= 4 is 15.9 Å². The molecule has 1 amide bonds. The molecule has 1 heterocycles. The summed E-state index contributed by atoms with van der Waals surface area (Å²) in [6.45, 7) is 8.79. The van der Waals surface area contributed by atoms with Gasteiger partial charge in [-0.15, -0.1) is 0 Å². The number of likely N-dealkylation sites (tertiary alicyclic amines) is 1. The number of nitrogens with one attached hydrogen (secondary N) is 1. The number of carbonyl (C=O) groups is 1. The van der Waals surface area contributed by atoms with Gasteiger partial charge in [-0.1, -0.05) is 13.3 Å². The smallest absolute Gasteiger partial charge is 0.256 e. The molecular weight excluding hydrogens is 393 g/mol. The van der Waals surface area contributed by atoms with E-state index in [0.29, 0.717) is 19.0 Å². The minimum Gasteiger partial charge on any atom is -0.339 e. The highest BCUT2D eigenvalue weighted by Crippen LogP contribution is 2.22. The largest absolute Gasteiger partial charge is 0.339 e. The maximum atomic E-state index is 14.3. The Balaban J connectivity index is 2.03. The van der Waals surface area contributed by atoms with Gasteiger partial charge in [0.05, 0.1) is 10.5 Å². The molecule has 1 aliphatic heterocycles. The van der Waals surface area contributed by atoms with Gasteiger partial charge in [0.1, 0.15) is 5.82 Å². The van der Waals surface area contributed by atoms with Gasteiger partial charge in [-0.2, -0.15) is 0 Å². The van der Waals surface area contributed by atoms with Crippen LogP contribution < -0.4 is 4.72 Å². The zero-order valence-electron chi connectivity index (χ0n) is 17.9. The highest BCUT2D eigenvalue weighted by molar-refractivity contribution is 7.89. The number of halogens is 1. The Morgan fingerprint density at radius 1 is 1.31 bits per heavy atom. The molecule has 1 aliphatic rings. The summed E-state index contributed by atoms with van der Waals surface area (Å²) in [6, 6.07) is 3.10. The lowest BCUT2D eigenvalue weighted by atomic mass is 9.95. The van der Waals surface area contributed by atoms with Crippen molar-refractivity contribution in [2.45, 2.75) is 57.4 Å². The number of rotatable bonds is 9. The number of unbranched alkanes of at least 4 members (excludes halogenated alkanes) is 1. The quantitative estimate of drug-likeness (QED) is 0.658. The van der Waals surface area contributed by atoms with Crippen LogP contribution in [0.15, 0.2) is 23.1 Å². The van der Waals surface area contributed by atoms with Gasteiger partial charge in [-0.3, -0.25) is 4.79 Å². The second-order valence-electron chi connectivity index (χ2n) is 8.27. The zero-order chi connectivity index (χ0) is 21.6. The van der Waals surface area contributed by atoms with E-state index in [1.165, 1.54) is 18.9 Å². The predicted octanol–water partition coefficient (Wildman–Crippen LogP) is 3.10. The first kappa shape index (κ1) is 23.8. The summed E-state index contributed by atoms with van der Waals surface area (Å²) in [5.74, 6) is -0.616. The Hall–Kier alpha value is -1.51. The molecule has 2 rings (SSSR count). The number of amides is 1.